The first-order valence-electron chi connectivity index (χ1n) is 6.98. The molecule has 0 amide bonds. The van der Waals surface area contributed by atoms with Crippen molar-refractivity contribution < 1.29 is 9.53 Å². The number of allylic oxidation sites excluding steroid dienone is 9. The van der Waals surface area contributed by atoms with Crippen LogP contribution in [0.2, 0.25) is 0 Å². The normalized spacial score (nSPS) is 16.6. The van der Waals surface area contributed by atoms with Gasteiger partial charge in [0.25, 0.3) is 0 Å². The molecule has 0 unspecified atom stereocenters. The molecule has 0 atom stereocenters. The van der Waals surface area contributed by atoms with Crippen LogP contribution in [0, 0.1) is 0 Å². The van der Waals surface area contributed by atoms with Gasteiger partial charge in [-0.3, -0.25) is 0 Å². The first kappa shape index (κ1) is 17.2. The Morgan fingerprint density at radius 1 is 1.18 bits per heavy atom. The van der Waals surface area contributed by atoms with Crippen molar-refractivity contribution in [3.63, 3.8) is 0 Å². The molecule has 0 aromatic rings. The van der Waals surface area contributed by atoms with Crippen molar-refractivity contribution in [2.45, 2.75) is 13.8 Å². The summed E-state index contributed by atoms with van der Waals surface area (Å²) in [7, 11) is 0. The zero-order valence-electron chi connectivity index (χ0n) is 13.0. The van der Waals surface area contributed by atoms with Crippen LogP contribution in [0.4, 0.5) is 0 Å². The Morgan fingerprint density at radius 3 is 2.45 bits per heavy atom. The van der Waals surface area contributed by atoms with Gasteiger partial charge in [0.1, 0.15) is 5.76 Å². The van der Waals surface area contributed by atoms with Crippen molar-refractivity contribution in [1.82, 2.24) is 0 Å². The highest BCUT2D eigenvalue weighted by atomic mass is 16.5. The van der Waals surface area contributed by atoms with Crippen LogP contribution in [0.25, 0.3) is 0 Å². The Balaban J connectivity index is 3.18. The molecule has 0 spiro atoms. The van der Waals surface area contributed by atoms with Crippen LogP contribution in [0.1, 0.15) is 13.8 Å². The monoisotopic (exact) mass is 292 g/mol. The highest BCUT2D eigenvalue weighted by Gasteiger charge is 2.22. The molecule has 1 aliphatic rings. The molecular formula is C20H20O2. The van der Waals surface area contributed by atoms with Gasteiger partial charge in [0.05, 0.1) is 11.1 Å². The summed E-state index contributed by atoms with van der Waals surface area (Å²) < 4.78 is 5.31. The van der Waals surface area contributed by atoms with Gasteiger partial charge in [0.15, 0.2) is 0 Å². The van der Waals surface area contributed by atoms with E-state index in [1.54, 1.807) is 42.5 Å². The topological polar surface area (TPSA) is 26.3 Å². The van der Waals surface area contributed by atoms with E-state index in [0.717, 1.165) is 5.57 Å². The molecule has 0 bridgehead atoms. The van der Waals surface area contributed by atoms with Gasteiger partial charge in [0, 0.05) is 0 Å². The van der Waals surface area contributed by atoms with Gasteiger partial charge in [-0.25, -0.2) is 4.79 Å². The summed E-state index contributed by atoms with van der Waals surface area (Å²) >= 11 is 0. The third kappa shape index (κ3) is 4.93. The molecule has 2 nitrogen and oxygen atoms in total. The van der Waals surface area contributed by atoms with Gasteiger partial charge in [-0.2, -0.15) is 0 Å². The maximum absolute atomic E-state index is 12.0. The van der Waals surface area contributed by atoms with E-state index in [1.807, 2.05) is 32.1 Å². The molecular weight excluding hydrogens is 272 g/mol. The number of hydrogen-bond donors (Lipinski definition) is 0. The van der Waals surface area contributed by atoms with Crippen LogP contribution in [0.15, 0.2) is 102 Å². The second kappa shape index (κ2) is 9.17. The molecule has 22 heavy (non-hydrogen) atoms. The number of cyclic esters (lactones) is 1. The number of esters is 1. The SMILES string of the molecule is C=C/C=C\C(=C=CC)C1=C/C(=C/C(/C=C\C=C)=C/C)C(=O)O1. The van der Waals surface area contributed by atoms with Crippen LogP contribution in [0.3, 0.4) is 0 Å². The van der Waals surface area contributed by atoms with Crippen LogP contribution >= 0.6 is 0 Å². The molecule has 1 aliphatic heterocycles. The van der Waals surface area contributed by atoms with Gasteiger partial charge in [-0.1, -0.05) is 49.6 Å². The summed E-state index contributed by atoms with van der Waals surface area (Å²) in [6.45, 7) is 11.0. The number of carbonyl (C=O) groups excluding carboxylic acids is 1. The van der Waals surface area contributed by atoms with Gasteiger partial charge in [-0.15, -0.1) is 5.73 Å². The molecule has 2 heteroatoms. The lowest BCUT2D eigenvalue weighted by atomic mass is 10.1. The van der Waals surface area contributed by atoms with Crippen LogP contribution in [0.5, 0.6) is 0 Å². The molecule has 1 heterocycles. The van der Waals surface area contributed by atoms with E-state index < -0.39 is 0 Å². The zero-order chi connectivity index (χ0) is 16.4. The largest absolute Gasteiger partial charge is 0.422 e. The summed E-state index contributed by atoms with van der Waals surface area (Å²) in [5.41, 5.74) is 5.15. The molecule has 0 fully saturated rings. The fraction of sp³-hybridized carbons (Fsp3) is 0.100. The van der Waals surface area contributed by atoms with E-state index in [1.165, 1.54) is 0 Å². The number of carbonyl (C=O) groups is 1. The highest BCUT2D eigenvalue weighted by molar-refractivity contribution is 5.96. The molecule has 1 rings (SSSR count). The minimum absolute atomic E-state index is 0.372. The Bertz CT molecular complexity index is 670. The Kier molecular flexibility index (Phi) is 7.18. The number of ether oxygens (including phenoxy) is 1. The molecule has 0 saturated carbocycles. The maximum atomic E-state index is 12.0. The summed E-state index contributed by atoms with van der Waals surface area (Å²) in [4.78, 5) is 12.0. The fourth-order valence-electron chi connectivity index (χ4n) is 1.73. The van der Waals surface area contributed by atoms with Crippen LogP contribution in [-0.2, 0) is 9.53 Å². The van der Waals surface area contributed by atoms with Crippen molar-refractivity contribution in [2.75, 3.05) is 0 Å². The fourth-order valence-corrected chi connectivity index (χ4v) is 1.73. The average molecular weight is 292 g/mol. The van der Waals surface area contributed by atoms with Gasteiger partial charge in [0.2, 0.25) is 0 Å². The minimum atomic E-state index is -0.372. The molecule has 0 N–H and O–H groups in total. The van der Waals surface area contributed by atoms with E-state index >= 15 is 0 Å². The smallest absolute Gasteiger partial charge is 0.343 e. The summed E-state index contributed by atoms with van der Waals surface area (Å²) in [5.74, 6) is 0.111. The third-order valence-corrected chi connectivity index (χ3v) is 2.77. The van der Waals surface area contributed by atoms with Gasteiger partial charge in [-0.05, 0) is 43.7 Å². The predicted molar refractivity (Wildman–Crippen MR) is 92.0 cm³/mol. The van der Waals surface area contributed by atoms with Crippen molar-refractivity contribution in [3.05, 3.63) is 102 Å². The van der Waals surface area contributed by atoms with Crippen molar-refractivity contribution in [3.8, 4) is 0 Å². The number of hydrogen-bond acceptors (Lipinski definition) is 2. The molecule has 0 aliphatic carbocycles. The van der Waals surface area contributed by atoms with Crippen LogP contribution < -0.4 is 0 Å². The second-order valence-electron chi connectivity index (χ2n) is 4.32. The third-order valence-electron chi connectivity index (χ3n) is 2.77. The summed E-state index contributed by atoms with van der Waals surface area (Å²) in [6.07, 6.45) is 17.8. The second-order valence-corrected chi connectivity index (χ2v) is 4.32. The quantitative estimate of drug-likeness (QED) is 0.302. The van der Waals surface area contributed by atoms with E-state index in [-0.39, 0.29) is 5.97 Å². The Labute approximate surface area is 132 Å². The van der Waals surface area contributed by atoms with Gasteiger partial charge < -0.3 is 4.74 Å². The number of rotatable bonds is 6. The lowest BCUT2D eigenvalue weighted by Crippen LogP contribution is -1.98. The van der Waals surface area contributed by atoms with Crippen molar-refractivity contribution in [1.29, 1.82) is 0 Å². The molecule has 0 aromatic heterocycles. The summed E-state index contributed by atoms with van der Waals surface area (Å²) in [5, 5.41) is 0. The molecule has 0 aromatic carbocycles. The molecule has 112 valence electrons. The van der Waals surface area contributed by atoms with E-state index in [2.05, 4.69) is 18.9 Å². The lowest BCUT2D eigenvalue weighted by Gasteiger charge is -1.99. The lowest BCUT2D eigenvalue weighted by molar-refractivity contribution is -0.132. The zero-order valence-corrected chi connectivity index (χ0v) is 13.0. The average Bonchev–Trinajstić information content (AvgIpc) is 2.88. The molecule has 0 saturated heterocycles. The van der Waals surface area contributed by atoms with E-state index in [9.17, 15) is 4.79 Å². The maximum Gasteiger partial charge on any atom is 0.343 e. The first-order chi connectivity index (χ1) is 10.7. The van der Waals surface area contributed by atoms with Crippen LogP contribution in [-0.4, -0.2) is 5.97 Å². The first-order valence-corrected chi connectivity index (χ1v) is 6.98. The predicted octanol–water partition coefficient (Wildman–Crippen LogP) is 4.89. The minimum Gasteiger partial charge on any atom is -0.422 e. The van der Waals surface area contributed by atoms with Crippen molar-refractivity contribution in [2.24, 2.45) is 0 Å². The summed E-state index contributed by atoms with van der Waals surface area (Å²) in [6, 6.07) is 0. The van der Waals surface area contributed by atoms with Crippen molar-refractivity contribution >= 4 is 5.97 Å². The molecule has 0 radical (unpaired) electrons. The Morgan fingerprint density at radius 2 is 1.86 bits per heavy atom. The van der Waals surface area contributed by atoms with Gasteiger partial charge >= 0.3 is 5.97 Å². The van der Waals surface area contributed by atoms with E-state index in [0.29, 0.717) is 16.9 Å². The van der Waals surface area contributed by atoms with E-state index in [4.69, 9.17) is 4.74 Å². The Hall–Kier alpha value is -2.83. The standard InChI is InChI=1S/C20H20O2/c1-5-9-12-16(8-4)14-18-15-19(22-20(18)21)17(11-7-3)13-10-6-2/h5-10,12-15H,1-2H2,3-4H3/b12-9-,13-10-,16-8+,18-14-. The highest BCUT2D eigenvalue weighted by Crippen LogP contribution is 2.25.